The highest BCUT2D eigenvalue weighted by Crippen LogP contribution is 2.28. The largest absolute Gasteiger partial charge is 0.316 e. The summed E-state index contributed by atoms with van der Waals surface area (Å²) in [5, 5.41) is 3.56. The molecule has 19 heavy (non-hydrogen) atoms. The van der Waals surface area contributed by atoms with E-state index >= 15 is 0 Å². The first kappa shape index (κ1) is 13.8. The van der Waals surface area contributed by atoms with Crippen LogP contribution >= 0.6 is 0 Å². The van der Waals surface area contributed by atoms with Gasteiger partial charge in [-0.1, -0.05) is 6.92 Å². The highest BCUT2D eigenvalue weighted by molar-refractivity contribution is 4.87. The van der Waals surface area contributed by atoms with Gasteiger partial charge in [0.1, 0.15) is 0 Å². The first-order chi connectivity index (χ1) is 9.33. The summed E-state index contributed by atoms with van der Waals surface area (Å²) >= 11 is 0. The number of hydrogen-bond donors (Lipinski definition) is 1. The molecule has 0 radical (unpaired) electrons. The van der Waals surface area contributed by atoms with Crippen molar-refractivity contribution in [1.82, 2.24) is 15.1 Å². The molecule has 0 bridgehead atoms. The van der Waals surface area contributed by atoms with E-state index in [4.69, 9.17) is 0 Å². The maximum atomic E-state index is 3.56. The van der Waals surface area contributed by atoms with Crippen molar-refractivity contribution in [2.24, 2.45) is 11.8 Å². The van der Waals surface area contributed by atoms with Crippen LogP contribution in [0.15, 0.2) is 0 Å². The van der Waals surface area contributed by atoms with Crippen LogP contribution in [-0.2, 0) is 0 Å². The van der Waals surface area contributed by atoms with Gasteiger partial charge in [0.05, 0.1) is 0 Å². The van der Waals surface area contributed by atoms with Crippen LogP contribution in [0.2, 0.25) is 0 Å². The third kappa shape index (κ3) is 3.93. The summed E-state index contributed by atoms with van der Waals surface area (Å²) in [4.78, 5) is 5.41. The summed E-state index contributed by atoms with van der Waals surface area (Å²) in [5.41, 5.74) is 0. The third-order valence-corrected chi connectivity index (χ3v) is 5.51. The van der Waals surface area contributed by atoms with Crippen molar-refractivity contribution in [2.75, 3.05) is 45.8 Å². The SMILES string of the molecule is CC(CCN1CCN(C2CC2)CC1)C1CCCNC1. The van der Waals surface area contributed by atoms with Gasteiger partial charge < -0.3 is 10.2 Å². The van der Waals surface area contributed by atoms with Crippen LogP contribution < -0.4 is 5.32 Å². The molecule has 0 spiro atoms. The predicted molar refractivity (Wildman–Crippen MR) is 80.4 cm³/mol. The molecule has 3 fully saturated rings. The summed E-state index contributed by atoms with van der Waals surface area (Å²) in [6.45, 7) is 11.6. The van der Waals surface area contributed by atoms with Gasteiger partial charge in [0, 0.05) is 32.2 Å². The van der Waals surface area contributed by atoms with E-state index in [9.17, 15) is 0 Å². The number of nitrogens with zero attached hydrogens (tertiary/aromatic N) is 2. The van der Waals surface area contributed by atoms with E-state index in [1.54, 1.807) is 0 Å². The van der Waals surface area contributed by atoms with E-state index in [2.05, 4.69) is 22.0 Å². The lowest BCUT2D eigenvalue weighted by Gasteiger charge is -2.36. The molecule has 2 atom stereocenters. The van der Waals surface area contributed by atoms with Crippen molar-refractivity contribution in [3.63, 3.8) is 0 Å². The van der Waals surface area contributed by atoms with Crippen LogP contribution in [0, 0.1) is 11.8 Å². The number of nitrogens with one attached hydrogen (secondary N) is 1. The van der Waals surface area contributed by atoms with E-state index in [0.717, 1.165) is 17.9 Å². The van der Waals surface area contributed by atoms with E-state index in [0.29, 0.717) is 0 Å². The summed E-state index contributed by atoms with van der Waals surface area (Å²) in [7, 11) is 0. The number of piperidine rings is 1. The highest BCUT2D eigenvalue weighted by Gasteiger charge is 2.31. The quantitative estimate of drug-likeness (QED) is 0.818. The fraction of sp³-hybridized carbons (Fsp3) is 1.00. The van der Waals surface area contributed by atoms with Gasteiger partial charge in [-0.25, -0.2) is 0 Å². The number of rotatable bonds is 5. The lowest BCUT2D eigenvalue weighted by molar-refractivity contribution is 0.116. The van der Waals surface area contributed by atoms with Crippen molar-refractivity contribution in [3.8, 4) is 0 Å². The molecule has 2 heterocycles. The minimum Gasteiger partial charge on any atom is -0.316 e. The highest BCUT2D eigenvalue weighted by atomic mass is 15.3. The molecule has 0 aromatic heterocycles. The average molecular weight is 265 g/mol. The molecule has 1 saturated carbocycles. The van der Waals surface area contributed by atoms with Gasteiger partial charge in [0.2, 0.25) is 0 Å². The lowest BCUT2D eigenvalue weighted by atomic mass is 9.85. The molecule has 1 aliphatic carbocycles. The second-order valence-electron chi connectivity index (χ2n) is 6.98. The number of hydrogen-bond acceptors (Lipinski definition) is 3. The third-order valence-electron chi connectivity index (χ3n) is 5.51. The Labute approximate surface area is 118 Å². The van der Waals surface area contributed by atoms with Gasteiger partial charge in [-0.05, 0) is 63.6 Å². The predicted octanol–water partition coefficient (Wildman–Crippen LogP) is 1.79. The Bertz CT molecular complexity index is 263. The zero-order valence-electron chi connectivity index (χ0n) is 12.6. The van der Waals surface area contributed by atoms with E-state index in [1.165, 1.54) is 77.9 Å². The van der Waals surface area contributed by atoms with Crippen LogP contribution in [0.4, 0.5) is 0 Å². The maximum absolute atomic E-state index is 3.56. The van der Waals surface area contributed by atoms with Crippen molar-refractivity contribution >= 4 is 0 Å². The van der Waals surface area contributed by atoms with Crippen LogP contribution in [0.1, 0.15) is 39.0 Å². The molecule has 0 aromatic rings. The first-order valence-electron chi connectivity index (χ1n) is 8.50. The van der Waals surface area contributed by atoms with Crippen molar-refractivity contribution in [3.05, 3.63) is 0 Å². The molecular weight excluding hydrogens is 234 g/mol. The Balaban J connectivity index is 1.33. The average Bonchev–Trinajstić information content (AvgIpc) is 3.31. The Kier molecular flexibility index (Phi) is 4.78. The summed E-state index contributed by atoms with van der Waals surface area (Å²) in [6.07, 6.45) is 7.16. The zero-order chi connectivity index (χ0) is 13.1. The maximum Gasteiger partial charge on any atom is 0.0113 e. The first-order valence-corrected chi connectivity index (χ1v) is 8.50. The molecule has 1 N–H and O–H groups in total. The van der Waals surface area contributed by atoms with Crippen LogP contribution in [-0.4, -0.2) is 61.7 Å². The Morgan fingerprint density at radius 2 is 1.89 bits per heavy atom. The monoisotopic (exact) mass is 265 g/mol. The topological polar surface area (TPSA) is 18.5 Å². The molecule has 2 saturated heterocycles. The Hall–Kier alpha value is -0.120. The van der Waals surface area contributed by atoms with E-state index < -0.39 is 0 Å². The van der Waals surface area contributed by atoms with Gasteiger partial charge in [0.25, 0.3) is 0 Å². The van der Waals surface area contributed by atoms with Crippen molar-refractivity contribution < 1.29 is 0 Å². The van der Waals surface area contributed by atoms with Gasteiger partial charge in [-0.2, -0.15) is 0 Å². The second kappa shape index (κ2) is 6.55. The zero-order valence-corrected chi connectivity index (χ0v) is 12.6. The molecule has 2 aliphatic heterocycles. The van der Waals surface area contributed by atoms with E-state index in [1.807, 2.05) is 0 Å². The fourth-order valence-electron chi connectivity index (χ4n) is 3.78. The summed E-state index contributed by atoms with van der Waals surface area (Å²) in [5.74, 6) is 1.83. The van der Waals surface area contributed by atoms with Crippen LogP contribution in [0.5, 0.6) is 0 Å². The summed E-state index contributed by atoms with van der Waals surface area (Å²) in [6, 6.07) is 0.967. The van der Waals surface area contributed by atoms with Crippen LogP contribution in [0.3, 0.4) is 0 Å². The number of piperazine rings is 1. The van der Waals surface area contributed by atoms with Gasteiger partial charge in [-0.15, -0.1) is 0 Å². The van der Waals surface area contributed by atoms with Gasteiger partial charge in [0.15, 0.2) is 0 Å². The molecule has 0 amide bonds. The molecule has 3 nitrogen and oxygen atoms in total. The van der Waals surface area contributed by atoms with Crippen molar-refractivity contribution in [2.45, 2.75) is 45.1 Å². The minimum atomic E-state index is 0.897. The smallest absolute Gasteiger partial charge is 0.0113 e. The molecule has 110 valence electrons. The van der Waals surface area contributed by atoms with Gasteiger partial charge in [-0.3, -0.25) is 4.90 Å². The normalized spacial score (nSPS) is 32.4. The molecule has 0 aromatic carbocycles. The Morgan fingerprint density at radius 3 is 2.53 bits per heavy atom. The summed E-state index contributed by atoms with van der Waals surface area (Å²) < 4.78 is 0. The second-order valence-corrected chi connectivity index (χ2v) is 6.98. The molecule has 2 unspecified atom stereocenters. The van der Waals surface area contributed by atoms with E-state index in [-0.39, 0.29) is 0 Å². The van der Waals surface area contributed by atoms with Gasteiger partial charge >= 0.3 is 0 Å². The van der Waals surface area contributed by atoms with Crippen molar-refractivity contribution in [1.29, 1.82) is 0 Å². The minimum absolute atomic E-state index is 0.897. The Morgan fingerprint density at radius 1 is 1.11 bits per heavy atom. The molecule has 3 heteroatoms. The fourth-order valence-corrected chi connectivity index (χ4v) is 3.78. The molecule has 3 aliphatic rings. The molecule has 3 rings (SSSR count). The van der Waals surface area contributed by atoms with Crippen LogP contribution in [0.25, 0.3) is 0 Å². The standard InChI is InChI=1S/C16H31N3/c1-14(15-3-2-7-17-13-15)6-8-18-9-11-19(12-10-18)16-4-5-16/h14-17H,2-13H2,1H3. The lowest BCUT2D eigenvalue weighted by Crippen LogP contribution is -2.47. The molecular formula is C16H31N3.